The van der Waals surface area contributed by atoms with Crippen LogP contribution in [0.1, 0.15) is 56.3 Å². The van der Waals surface area contributed by atoms with Gasteiger partial charge in [-0.1, -0.05) is 30.7 Å². The maximum Gasteiger partial charge on any atom is 0.143 e. The molecule has 5 rings (SSSR count). The molecule has 1 aromatic carbocycles. The number of nitrogens with zero attached hydrogens (tertiary/aromatic N) is 6. The van der Waals surface area contributed by atoms with E-state index in [0.717, 1.165) is 85.2 Å². The second-order valence-corrected chi connectivity index (χ2v) is 10.8. The lowest BCUT2D eigenvalue weighted by molar-refractivity contribution is 0.173. The van der Waals surface area contributed by atoms with Crippen molar-refractivity contribution in [2.75, 3.05) is 32.7 Å². The molecule has 0 spiro atoms. The van der Waals surface area contributed by atoms with Crippen LogP contribution in [0.2, 0.25) is 5.02 Å². The molecule has 0 amide bonds. The smallest absolute Gasteiger partial charge is 0.143 e. The number of rotatable bonds is 7. The second-order valence-electron chi connectivity index (χ2n) is 10.4. The summed E-state index contributed by atoms with van der Waals surface area (Å²) in [6.07, 6.45) is 8.94. The first kappa shape index (κ1) is 25.6. The molecule has 4 heterocycles. The van der Waals surface area contributed by atoms with Gasteiger partial charge in [0.05, 0.1) is 5.69 Å². The molecule has 2 saturated heterocycles. The standard InChI is InChI=1S/C29H36ClN7/c1-3-21-15-27(24(17-31)28(32)33-18-21)36-11-7-22(8-12-36)29-34-26(23-6-5-20(2)25(30)16-23)19-37(29)14-13-35-9-4-10-35/h5-6,16,18-19,22H,3-4,7-15H2,1-2H3,(H2,32,33). The number of aryl methyl sites for hydroxylation is 1. The molecule has 8 heteroatoms. The highest BCUT2D eigenvalue weighted by atomic mass is 35.5. The van der Waals surface area contributed by atoms with Gasteiger partial charge in [0.25, 0.3) is 0 Å². The molecule has 2 aromatic rings. The maximum atomic E-state index is 9.84. The van der Waals surface area contributed by atoms with E-state index >= 15 is 0 Å². The highest BCUT2D eigenvalue weighted by molar-refractivity contribution is 6.31. The summed E-state index contributed by atoms with van der Waals surface area (Å²) in [5, 5.41) is 10.6. The number of imidazole rings is 1. The van der Waals surface area contributed by atoms with E-state index in [1.54, 1.807) is 0 Å². The number of amidine groups is 1. The molecule has 7 nitrogen and oxygen atoms in total. The highest BCUT2D eigenvalue weighted by Crippen LogP contribution is 2.34. The SMILES string of the molecule is CCC1=CN=C(N)C(C#N)=C(N2CCC(c3nc(-c4ccc(C)c(Cl)c4)cn3CCN3CCC3)CC2)C1. The molecule has 0 atom stereocenters. The minimum atomic E-state index is 0.325. The number of hydrogen-bond acceptors (Lipinski definition) is 6. The summed E-state index contributed by atoms with van der Waals surface area (Å²) in [6.45, 7) is 10.3. The molecule has 3 aliphatic heterocycles. The topological polar surface area (TPSA) is 86.5 Å². The third kappa shape index (κ3) is 5.46. The number of halogens is 1. The van der Waals surface area contributed by atoms with Gasteiger partial charge in [0, 0.05) is 67.2 Å². The first-order valence-electron chi connectivity index (χ1n) is 13.4. The van der Waals surface area contributed by atoms with Crippen LogP contribution < -0.4 is 5.73 Å². The molecule has 1 aromatic heterocycles. The zero-order valence-corrected chi connectivity index (χ0v) is 22.6. The van der Waals surface area contributed by atoms with Gasteiger partial charge in [-0.2, -0.15) is 5.26 Å². The van der Waals surface area contributed by atoms with Crippen molar-refractivity contribution in [2.24, 2.45) is 10.7 Å². The van der Waals surface area contributed by atoms with Gasteiger partial charge in [-0.3, -0.25) is 0 Å². The van der Waals surface area contributed by atoms with Gasteiger partial charge in [-0.05, 0) is 62.9 Å². The average Bonchev–Trinajstić information content (AvgIpc) is 3.23. The van der Waals surface area contributed by atoms with Crippen LogP contribution in [-0.2, 0) is 6.54 Å². The molecule has 37 heavy (non-hydrogen) atoms. The van der Waals surface area contributed by atoms with E-state index in [1.165, 1.54) is 25.1 Å². The Bertz CT molecular complexity index is 1280. The van der Waals surface area contributed by atoms with Crippen molar-refractivity contribution in [2.45, 2.75) is 58.4 Å². The molecular weight excluding hydrogens is 482 g/mol. The van der Waals surface area contributed by atoms with Crippen LogP contribution in [-0.4, -0.2) is 57.9 Å². The average molecular weight is 518 g/mol. The summed E-state index contributed by atoms with van der Waals surface area (Å²) >= 11 is 6.45. The van der Waals surface area contributed by atoms with Crippen molar-refractivity contribution in [3.8, 4) is 17.3 Å². The Morgan fingerprint density at radius 3 is 2.59 bits per heavy atom. The predicted molar refractivity (Wildman–Crippen MR) is 149 cm³/mol. The van der Waals surface area contributed by atoms with Crippen LogP contribution in [0.3, 0.4) is 0 Å². The molecule has 0 aliphatic carbocycles. The van der Waals surface area contributed by atoms with E-state index < -0.39 is 0 Å². The molecule has 0 bridgehead atoms. The lowest BCUT2D eigenvalue weighted by Crippen LogP contribution is -2.39. The molecule has 2 N–H and O–H groups in total. The molecule has 0 saturated carbocycles. The number of aliphatic imine (C=N–C) groups is 1. The van der Waals surface area contributed by atoms with Gasteiger partial charge < -0.3 is 20.1 Å². The Morgan fingerprint density at radius 1 is 1.16 bits per heavy atom. The number of aromatic nitrogens is 2. The first-order valence-corrected chi connectivity index (χ1v) is 13.8. The van der Waals surface area contributed by atoms with Crippen LogP contribution >= 0.6 is 11.6 Å². The van der Waals surface area contributed by atoms with Crippen molar-refractivity contribution in [3.63, 3.8) is 0 Å². The van der Waals surface area contributed by atoms with Crippen molar-refractivity contribution >= 4 is 17.4 Å². The summed E-state index contributed by atoms with van der Waals surface area (Å²) in [5.41, 5.74) is 12.0. The van der Waals surface area contributed by atoms with Crippen molar-refractivity contribution in [1.29, 1.82) is 5.26 Å². The minimum absolute atomic E-state index is 0.325. The quantitative estimate of drug-likeness (QED) is 0.543. The third-order valence-electron chi connectivity index (χ3n) is 8.01. The van der Waals surface area contributed by atoms with Crippen LogP contribution in [0.25, 0.3) is 11.3 Å². The largest absolute Gasteiger partial charge is 0.383 e. The summed E-state index contributed by atoms with van der Waals surface area (Å²) < 4.78 is 2.37. The van der Waals surface area contributed by atoms with E-state index in [4.69, 9.17) is 22.3 Å². The number of nitriles is 1. The lowest BCUT2D eigenvalue weighted by Gasteiger charge is -2.36. The molecule has 194 valence electrons. The third-order valence-corrected chi connectivity index (χ3v) is 8.42. The van der Waals surface area contributed by atoms with Crippen molar-refractivity contribution in [3.05, 3.63) is 63.8 Å². The Morgan fingerprint density at radius 2 is 1.95 bits per heavy atom. The Balaban J connectivity index is 1.37. The van der Waals surface area contributed by atoms with E-state index in [9.17, 15) is 5.26 Å². The zero-order chi connectivity index (χ0) is 25.9. The monoisotopic (exact) mass is 517 g/mol. The fraction of sp³-hybridized carbons (Fsp3) is 0.483. The molecular formula is C29H36ClN7. The Labute approximate surface area is 224 Å². The van der Waals surface area contributed by atoms with Crippen molar-refractivity contribution < 1.29 is 0 Å². The normalized spacial score (nSPS) is 19.2. The molecule has 0 radical (unpaired) electrons. The minimum Gasteiger partial charge on any atom is -0.383 e. The molecule has 2 fully saturated rings. The highest BCUT2D eigenvalue weighted by Gasteiger charge is 2.29. The van der Waals surface area contributed by atoms with Gasteiger partial charge in [0.1, 0.15) is 23.3 Å². The Kier molecular flexibility index (Phi) is 7.68. The summed E-state index contributed by atoms with van der Waals surface area (Å²) in [7, 11) is 0. The van der Waals surface area contributed by atoms with E-state index in [-0.39, 0.29) is 0 Å². The summed E-state index contributed by atoms with van der Waals surface area (Å²) in [6, 6.07) is 8.53. The predicted octanol–water partition coefficient (Wildman–Crippen LogP) is 5.23. The maximum absolute atomic E-state index is 9.84. The second kappa shape index (κ2) is 11.1. The van der Waals surface area contributed by atoms with Crippen LogP contribution in [0.15, 0.2) is 52.4 Å². The number of benzene rings is 1. The van der Waals surface area contributed by atoms with Gasteiger partial charge in [-0.15, -0.1) is 0 Å². The fourth-order valence-electron chi connectivity index (χ4n) is 5.42. The number of piperidine rings is 1. The summed E-state index contributed by atoms with van der Waals surface area (Å²) in [5.74, 6) is 1.86. The number of allylic oxidation sites excluding steroid dienone is 1. The van der Waals surface area contributed by atoms with Crippen LogP contribution in [0, 0.1) is 18.3 Å². The van der Waals surface area contributed by atoms with E-state index in [2.05, 4.69) is 50.7 Å². The first-order chi connectivity index (χ1) is 18.0. The number of likely N-dealkylation sites (tertiary alicyclic amines) is 2. The van der Waals surface area contributed by atoms with Gasteiger partial charge >= 0.3 is 0 Å². The zero-order valence-electron chi connectivity index (χ0n) is 21.9. The van der Waals surface area contributed by atoms with Crippen LogP contribution in [0.5, 0.6) is 0 Å². The Hall–Kier alpha value is -3.08. The van der Waals surface area contributed by atoms with Gasteiger partial charge in [0.2, 0.25) is 0 Å². The van der Waals surface area contributed by atoms with E-state index in [0.29, 0.717) is 17.3 Å². The summed E-state index contributed by atoms with van der Waals surface area (Å²) in [4.78, 5) is 14.4. The van der Waals surface area contributed by atoms with Gasteiger partial charge in [0.15, 0.2) is 0 Å². The molecule has 3 aliphatic rings. The fourth-order valence-corrected chi connectivity index (χ4v) is 5.60. The number of nitrogens with two attached hydrogens (primary N) is 1. The number of hydrogen-bond donors (Lipinski definition) is 1. The van der Waals surface area contributed by atoms with E-state index in [1.807, 2.05) is 19.2 Å². The molecule has 0 unspecified atom stereocenters. The lowest BCUT2D eigenvalue weighted by atomic mass is 9.93. The van der Waals surface area contributed by atoms with Gasteiger partial charge in [-0.25, -0.2) is 9.98 Å². The van der Waals surface area contributed by atoms with Crippen molar-refractivity contribution in [1.82, 2.24) is 19.4 Å². The van der Waals surface area contributed by atoms with Crippen LogP contribution in [0.4, 0.5) is 0 Å².